The second-order valence-corrected chi connectivity index (χ2v) is 7.68. The van der Waals surface area contributed by atoms with E-state index in [9.17, 15) is 14.7 Å². The highest BCUT2D eigenvalue weighted by Gasteiger charge is 2.20. The third-order valence-corrected chi connectivity index (χ3v) is 4.30. The molecule has 0 radical (unpaired) electrons. The average molecular weight is 408 g/mol. The summed E-state index contributed by atoms with van der Waals surface area (Å²) in [4.78, 5) is 24.4. The second-order valence-electron chi connectivity index (χ2n) is 7.68. The van der Waals surface area contributed by atoms with Crippen molar-refractivity contribution >= 4 is 11.8 Å². The maximum atomic E-state index is 12.3. The topological polar surface area (TPSA) is 105 Å². The summed E-state index contributed by atoms with van der Waals surface area (Å²) in [5.41, 5.74) is 5.79. The zero-order chi connectivity index (χ0) is 21.7. The Balaban J connectivity index is 1.57. The van der Waals surface area contributed by atoms with Crippen LogP contribution in [-0.2, 0) is 10.2 Å². The molecule has 156 valence electrons. The summed E-state index contributed by atoms with van der Waals surface area (Å²) in [5.74, 6) is -0.994. The molecule has 0 atom stereocenters. The second kappa shape index (κ2) is 8.69. The fourth-order valence-corrected chi connectivity index (χ4v) is 2.82. The maximum absolute atomic E-state index is 12.3. The molecule has 8 heteroatoms. The van der Waals surface area contributed by atoms with Gasteiger partial charge in [-0.1, -0.05) is 57.2 Å². The highest BCUT2D eigenvalue weighted by atomic mass is 16.5. The first-order valence-corrected chi connectivity index (χ1v) is 9.41. The van der Waals surface area contributed by atoms with Crippen LogP contribution in [0.25, 0.3) is 5.69 Å². The molecule has 3 aromatic rings. The van der Waals surface area contributed by atoms with Gasteiger partial charge >= 0.3 is 0 Å². The molecule has 8 nitrogen and oxygen atoms in total. The molecule has 2 aromatic carbocycles. The molecule has 0 unspecified atom stereocenters. The maximum Gasteiger partial charge on any atom is 0.294 e. The molecule has 1 aromatic heterocycles. The van der Waals surface area contributed by atoms with Crippen LogP contribution in [0.15, 0.2) is 60.8 Å². The minimum Gasteiger partial charge on any atom is -0.504 e. The van der Waals surface area contributed by atoms with E-state index in [1.807, 2.05) is 36.4 Å². The number of hydrazine groups is 1. The van der Waals surface area contributed by atoms with E-state index >= 15 is 0 Å². The Kier molecular flexibility index (Phi) is 6.06. The van der Waals surface area contributed by atoms with Crippen LogP contribution in [-0.4, -0.2) is 33.3 Å². The Hall–Kier alpha value is -3.81. The van der Waals surface area contributed by atoms with Crippen molar-refractivity contribution in [2.75, 3.05) is 6.61 Å². The Bertz CT molecular complexity index is 1040. The zero-order valence-corrected chi connectivity index (χ0v) is 17.0. The Morgan fingerprint density at radius 1 is 1.03 bits per heavy atom. The minimum atomic E-state index is -0.745. The number of rotatable bonds is 5. The lowest BCUT2D eigenvalue weighted by Crippen LogP contribution is -2.44. The number of nitrogens with one attached hydrogen (secondary N) is 2. The van der Waals surface area contributed by atoms with E-state index in [0.717, 1.165) is 5.56 Å². The monoisotopic (exact) mass is 408 g/mol. The number of para-hydroxylation sites is 2. The summed E-state index contributed by atoms with van der Waals surface area (Å²) in [7, 11) is 0. The number of aromatic nitrogens is 2. The van der Waals surface area contributed by atoms with Gasteiger partial charge in [0.2, 0.25) is 0 Å². The fraction of sp³-hybridized carbons (Fsp3) is 0.227. The number of ether oxygens (including phenoxy) is 1. The number of amides is 2. The number of aromatic hydroxyl groups is 1. The van der Waals surface area contributed by atoms with Crippen molar-refractivity contribution in [1.29, 1.82) is 0 Å². The van der Waals surface area contributed by atoms with Crippen molar-refractivity contribution < 1.29 is 19.4 Å². The molecule has 3 rings (SSSR count). The zero-order valence-electron chi connectivity index (χ0n) is 17.0. The van der Waals surface area contributed by atoms with Crippen molar-refractivity contribution in [3.8, 4) is 17.2 Å². The number of nitrogens with zero attached hydrogens (tertiary/aromatic N) is 2. The summed E-state index contributed by atoms with van der Waals surface area (Å²) in [5, 5.41) is 14.1. The average Bonchev–Trinajstić information content (AvgIpc) is 3.12. The summed E-state index contributed by atoms with van der Waals surface area (Å²) in [6.45, 7) is 5.88. The van der Waals surface area contributed by atoms with E-state index in [1.54, 1.807) is 18.2 Å². The van der Waals surface area contributed by atoms with Gasteiger partial charge in [0.15, 0.2) is 18.1 Å². The van der Waals surface area contributed by atoms with E-state index in [-0.39, 0.29) is 23.5 Å². The van der Waals surface area contributed by atoms with E-state index in [0.29, 0.717) is 11.4 Å². The predicted octanol–water partition coefficient (Wildman–Crippen LogP) is 2.72. The van der Waals surface area contributed by atoms with Crippen LogP contribution in [0.5, 0.6) is 11.5 Å². The van der Waals surface area contributed by atoms with Crippen LogP contribution in [0.4, 0.5) is 0 Å². The van der Waals surface area contributed by atoms with E-state index in [1.165, 1.54) is 10.9 Å². The molecular formula is C22H24N4O4. The van der Waals surface area contributed by atoms with Crippen molar-refractivity contribution in [3.63, 3.8) is 0 Å². The Labute approximate surface area is 174 Å². The van der Waals surface area contributed by atoms with Crippen molar-refractivity contribution in [2.45, 2.75) is 26.2 Å². The van der Waals surface area contributed by atoms with Gasteiger partial charge in [0, 0.05) is 0 Å². The van der Waals surface area contributed by atoms with E-state index in [2.05, 4.69) is 36.7 Å². The summed E-state index contributed by atoms with van der Waals surface area (Å²) < 4.78 is 6.99. The third-order valence-electron chi connectivity index (χ3n) is 4.30. The fourth-order valence-electron chi connectivity index (χ4n) is 2.82. The van der Waals surface area contributed by atoms with Crippen molar-refractivity contribution in [3.05, 3.63) is 72.1 Å². The van der Waals surface area contributed by atoms with Crippen LogP contribution < -0.4 is 15.6 Å². The first-order chi connectivity index (χ1) is 14.3. The van der Waals surface area contributed by atoms with Crippen LogP contribution in [0, 0.1) is 0 Å². The normalized spacial score (nSPS) is 11.0. The molecule has 0 spiro atoms. The molecule has 0 saturated heterocycles. The molecule has 0 aliphatic rings. The van der Waals surface area contributed by atoms with Crippen LogP contribution >= 0.6 is 0 Å². The highest BCUT2D eigenvalue weighted by Crippen LogP contribution is 2.30. The van der Waals surface area contributed by atoms with Gasteiger partial charge in [-0.05, 0) is 29.2 Å². The number of carbonyl (C=O) groups excluding carboxylic acids is 2. The van der Waals surface area contributed by atoms with Gasteiger partial charge in [0.05, 0.1) is 11.9 Å². The van der Waals surface area contributed by atoms with Gasteiger partial charge in [-0.25, -0.2) is 4.68 Å². The Morgan fingerprint density at radius 2 is 1.70 bits per heavy atom. The number of carbonyl (C=O) groups is 2. The molecule has 0 fully saturated rings. The van der Waals surface area contributed by atoms with Gasteiger partial charge in [0.25, 0.3) is 11.8 Å². The predicted molar refractivity (Wildman–Crippen MR) is 111 cm³/mol. The molecule has 30 heavy (non-hydrogen) atoms. The lowest BCUT2D eigenvalue weighted by Gasteiger charge is -2.22. The molecule has 0 bridgehead atoms. The van der Waals surface area contributed by atoms with E-state index < -0.39 is 11.8 Å². The minimum absolute atomic E-state index is 0.142. The third kappa shape index (κ3) is 4.96. The molecule has 0 aliphatic heterocycles. The first-order valence-electron chi connectivity index (χ1n) is 9.41. The molecule has 0 aliphatic carbocycles. The summed E-state index contributed by atoms with van der Waals surface area (Å²) in [6, 6.07) is 16.5. The SMILES string of the molecule is CC(C)(C)c1ccccc1OCC(=O)NNC(=O)c1nn(-c2ccccc2)cc1O. The molecule has 1 heterocycles. The largest absolute Gasteiger partial charge is 0.504 e. The van der Waals surface area contributed by atoms with Crippen molar-refractivity contribution in [1.82, 2.24) is 20.6 Å². The quantitative estimate of drug-likeness (QED) is 0.563. The lowest BCUT2D eigenvalue weighted by molar-refractivity contribution is -0.123. The number of hydrogen-bond acceptors (Lipinski definition) is 5. The van der Waals surface area contributed by atoms with Crippen LogP contribution in [0.3, 0.4) is 0 Å². The van der Waals surface area contributed by atoms with Gasteiger partial charge in [-0.3, -0.25) is 20.4 Å². The van der Waals surface area contributed by atoms with Gasteiger partial charge < -0.3 is 9.84 Å². The smallest absolute Gasteiger partial charge is 0.294 e. The van der Waals surface area contributed by atoms with E-state index in [4.69, 9.17) is 4.74 Å². The molecule has 0 saturated carbocycles. The molecule has 2 amide bonds. The number of hydrogen-bond donors (Lipinski definition) is 3. The molecular weight excluding hydrogens is 384 g/mol. The van der Waals surface area contributed by atoms with Crippen molar-refractivity contribution in [2.24, 2.45) is 0 Å². The van der Waals surface area contributed by atoms with Gasteiger partial charge in [0.1, 0.15) is 5.75 Å². The van der Waals surface area contributed by atoms with Crippen LogP contribution in [0.1, 0.15) is 36.8 Å². The lowest BCUT2D eigenvalue weighted by atomic mass is 9.86. The highest BCUT2D eigenvalue weighted by molar-refractivity contribution is 5.96. The molecule has 3 N–H and O–H groups in total. The van der Waals surface area contributed by atoms with Crippen LogP contribution in [0.2, 0.25) is 0 Å². The summed E-state index contributed by atoms with van der Waals surface area (Å²) >= 11 is 0. The van der Waals surface area contributed by atoms with Gasteiger partial charge in [-0.2, -0.15) is 5.10 Å². The standard InChI is InChI=1S/C22H24N4O4/c1-22(2,3)16-11-7-8-12-18(16)30-14-19(28)23-24-21(29)20-17(27)13-26(25-20)15-9-5-4-6-10-15/h4-13,27H,14H2,1-3H3,(H,23,28)(H,24,29). The van der Waals surface area contributed by atoms with Gasteiger partial charge in [-0.15, -0.1) is 0 Å². The number of benzene rings is 2. The Morgan fingerprint density at radius 3 is 2.40 bits per heavy atom. The first kappa shape index (κ1) is 20.9. The summed E-state index contributed by atoms with van der Waals surface area (Å²) in [6.07, 6.45) is 1.32.